The Hall–Kier alpha value is -1.94. The van der Waals surface area contributed by atoms with Gasteiger partial charge in [0.25, 0.3) is 0 Å². The van der Waals surface area contributed by atoms with Gasteiger partial charge in [-0.2, -0.15) is 0 Å². The Morgan fingerprint density at radius 3 is 2.86 bits per heavy atom. The number of benzene rings is 1. The Kier molecular flexibility index (Phi) is 5.37. The van der Waals surface area contributed by atoms with Crippen molar-refractivity contribution in [3.63, 3.8) is 0 Å². The minimum atomic E-state index is 0.670. The topological polar surface area (TPSA) is 41.0 Å². The Balaban J connectivity index is 1.51. The maximum Gasteiger partial charge on any atom is 0.129 e. The third kappa shape index (κ3) is 4.28. The summed E-state index contributed by atoms with van der Waals surface area (Å²) in [5, 5.41) is 3.40. The van der Waals surface area contributed by atoms with Crippen LogP contribution in [0.4, 0.5) is 5.82 Å². The summed E-state index contributed by atoms with van der Waals surface area (Å²) in [4.78, 5) is 10.8. The third-order valence-electron chi connectivity index (χ3n) is 4.34. The third-order valence-corrected chi connectivity index (χ3v) is 4.34. The van der Waals surface area contributed by atoms with Crippen LogP contribution in [-0.4, -0.2) is 34.0 Å². The molecule has 1 saturated heterocycles. The maximum atomic E-state index is 4.21. The van der Waals surface area contributed by atoms with E-state index in [-0.39, 0.29) is 0 Å². The predicted octanol–water partition coefficient (Wildman–Crippen LogP) is 3.33. The van der Waals surface area contributed by atoms with E-state index in [1.165, 1.54) is 31.4 Å². The smallest absolute Gasteiger partial charge is 0.129 e. The molecule has 1 aliphatic rings. The van der Waals surface area contributed by atoms with Crippen molar-refractivity contribution in [3.8, 4) is 0 Å². The SMILES string of the molecule is c1ccc(CN2CCCCC2CCNc2ccncn2)cc1. The number of likely N-dealkylation sites (tertiary alicyclic amines) is 1. The fourth-order valence-electron chi connectivity index (χ4n) is 3.18. The van der Waals surface area contributed by atoms with Gasteiger partial charge in [-0.15, -0.1) is 0 Å². The zero-order chi connectivity index (χ0) is 15.0. The van der Waals surface area contributed by atoms with Gasteiger partial charge in [-0.05, 0) is 37.4 Å². The zero-order valence-corrected chi connectivity index (χ0v) is 13.0. The largest absolute Gasteiger partial charge is 0.370 e. The number of hydrogen-bond donors (Lipinski definition) is 1. The molecule has 2 heterocycles. The molecule has 0 spiro atoms. The second kappa shape index (κ2) is 7.90. The van der Waals surface area contributed by atoms with E-state index in [0.29, 0.717) is 6.04 Å². The lowest BCUT2D eigenvalue weighted by Crippen LogP contribution is -2.40. The highest BCUT2D eigenvalue weighted by molar-refractivity contribution is 5.31. The highest BCUT2D eigenvalue weighted by atomic mass is 15.2. The average Bonchev–Trinajstić information content (AvgIpc) is 2.58. The van der Waals surface area contributed by atoms with Gasteiger partial charge < -0.3 is 5.32 Å². The van der Waals surface area contributed by atoms with Crippen LogP contribution >= 0.6 is 0 Å². The molecular formula is C18H24N4. The van der Waals surface area contributed by atoms with Crippen molar-refractivity contribution in [3.05, 3.63) is 54.5 Å². The zero-order valence-electron chi connectivity index (χ0n) is 13.0. The van der Waals surface area contributed by atoms with Crippen LogP contribution in [-0.2, 0) is 6.54 Å². The molecule has 4 nitrogen and oxygen atoms in total. The van der Waals surface area contributed by atoms with Crippen molar-refractivity contribution in [1.29, 1.82) is 0 Å². The summed E-state index contributed by atoms with van der Waals surface area (Å²) in [5.74, 6) is 0.917. The van der Waals surface area contributed by atoms with Gasteiger partial charge >= 0.3 is 0 Å². The standard InChI is InChI=1S/C18H24N4/c1-2-6-16(7-3-1)14-22-13-5-4-8-17(22)9-12-20-18-10-11-19-15-21-18/h1-3,6-7,10-11,15,17H,4-5,8-9,12-14H2,(H,19,20,21). The molecule has 1 atom stereocenters. The number of piperidine rings is 1. The minimum Gasteiger partial charge on any atom is -0.370 e. The quantitative estimate of drug-likeness (QED) is 0.887. The summed E-state index contributed by atoms with van der Waals surface area (Å²) in [6.45, 7) is 3.25. The molecule has 1 aromatic heterocycles. The van der Waals surface area contributed by atoms with Crippen molar-refractivity contribution < 1.29 is 0 Å². The fourth-order valence-corrected chi connectivity index (χ4v) is 3.18. The molecule has 1 aromatic carbocycles. The van der Waals surface area contributed by atoms with Crippen LogP contribution in [0.25, 0.3) is 0 Å². The van der Waals surface area contributed by atoms with Gasteiger partial charge in [0.1, 0.15) is 12.1 Å². The Labute approximate surface area is 132 Å². The summed E-state index contributed by atoms with van der Waals surface area (Å²) in [6, 6.07) is 13.4. The normalized spacial score (nSPS) is 19.0. The molecule has 0 aliphatic carbocycles. The van der Waals surface area contributed by atoms with Gasteiger partial charge in [0.05, 0.1) is 0 Å². The highest BCUT2D eigenvalue weighted by Crippen LogP contribution is 2.22. The minimum absolute atomic E-state index is 0.670. The summed E-state index contributed by atoms with van der Waals surface area (Å²) in [5.41, 5.74) is 1.41. The molecule has 1 N–H and O–H groups in total. The Morgan fingerprint density at radius 1 is 1.14 bits per heavy atom. The lowest BCUT2D eigenvalue weighted by atomic mass is 9.98. The van der Waals surface area contributed by atoms with Gasteiger partial charge in [-0.25, -0.2) is 9.97 Å². The highest BCUT2D eigenvalue weighted by Gasteiger charge is 2.21. The first-order chi connectivity index (χ1) is 10.9. The first-order valence-electron chi connectivity index (χ1n) is 8.20. The van der Waals surface area contributed by atoms with Crippen molar-refractivity contribution in [2.24, 2.45) is 0 Å². The Morgan fingerprint density at radius 2 is 2.05 bits per heavy atom. The molecular weight excluding hydrogens is 272 g/mol. The number of nitrogens with one attached hydrogen (secondary N) is 1. The molecule has 3 rings (SSSR count). The van der Waals surface area contributed by atoms with E-state index in [1.54, 1.807) is 12.5 Å². The summed E-state index contributed by atoms with van der Waals surface area (Å²) in [6.07, 6.45) is 8.50. The van der Waals surface area contributed by atoms with E-state index in [2.05, 4.69) is 50.5 Å². The molecule has 116 valence electrons. The van der Waals surface area contributed by atoms with Crippen LogP contribution in [0, 0.1) is 0 Å². The number of nitrogens with zero attached hydrogens (tertiary/aromatic N) is 3. The summed E-state index contributed by atoms with van der Waals surface area (Å²) >= 11 is 0. The van der Waals surface area contributed by atoms with Crippen molar-refractivity contribution in [1.82, 2.24) is 14.9 Å². The van der Waals surface area contributed by atoms with E-state index >= 15 is 0 Å². The second-order valence-electron chi connectivity index (χ2n) is 5.92. The molecule has 1 fully saturated rings. The van der Waals surface area contributed by atoms with Crippen molar-refractivity contribution in [2.45, 2.75) is 38.3 Å². The van der Waals surface area contributed by atoms with Gasteiger partial charge in [-0.1, -0.05) is 36.8 Å². The van der Waals surface area contributed by atoms with E-state index < -0.39 is 0 Å². The molecule has 4 heteroatoms. The lowest BCUT2D eigenvalue weighted by molar-refractivity contribution is 0.135. The molecule has 0 bridgehead atoms. The molecule has 1 unspecified atom stereocenters. The van der Waals surface area contributed by atoms with E-state index in [0.717, 1.165) is 25.3 Å². The van der Waals surface area contributed by atoms with Crippen LogP contribution in [0.2, 0.25) is 0 Å². The van der Waals surface area contributed by atoms with E-state index in [4.69, 9.17) is 0 Å². The molecule has 2 aromatic rings. The van der Waals surface area contributed by atoms with Gasteiger partial charge in [0.2, 0.25) is 0 Å². The number of hydrogen-bond acceptors (Lipinski definition) is 4. The molecule has 0 amide bonds. The van der Waals surface area contributed by atoms with Gasteiger partial charge in [-0.3, -0.25) is 4.90 Å². The number of anilines is 1. The first-order valence-corrected chi connectivity index (χ1v) is 8.20. The fraction of sp³-hybridized carbons (Fsp3) is 0.444. The summed E-state index contributed by atoms with van der Waals surface area (Å²) < 4.78 is 0. The maximum absolute atomic E-state index is 4.21. The molecule has 0 saturated carbocycles. The van der Waals surface area contributed by atoms with Crippen LogP contribution in [0.1, 0.15) is 31.2 Å². The number of aromatic nitrogens is 2. The predicted molar refractivity (Wildman–Crippen MR) is 89.6 cm³/mol. The van der Waals surface area contributed by atoms with Gasteiger partial charge in [0.15, 0.2) is 0 Å². The van der Waals surface area contributed by atoms with Crippen molar-refractivity contribution in [2.75, 3.05) is 18.4 Å². The van der Waals surface area contributed by atoms with E-state index in [1.807, 2.05) is 6.07 Å². The monoisotopic (exact) mass is 296 g/mol. The molecule has 0 radical (unpaired) electrons. The first kappa shape index (κ1) is 15.0. The van der Waals surface area contributed by atoms with Crippen LogP contribution < -0.4 is 5.32 Å². The van der Waals surface area contributed by atoms with Crippen LogP contribution in [0.5, 0.6) is 0 Å². The van der Waals surface area contributed by atoms with E-state index in [9.17, 15) is 0 Å². The second-order valence-corrected chi connectivity index (χ2v) is 5.92. The molecule has 22 heavy (non-hydrogen) atoms. The average molecular weight is 296 g/mol. The number of rotatable bonds is 6. The summed E-state index contributed by atoms with van der Waals surface area (Å²) in [7, 11) is 0. The molecule has 1 aliphatic heterocycles. The van der Waals surface area contributed by atoms with Gasteiger partial charge in [0, 0.05) is 25.3 Å². The van der Waals surface area contributed by atoms with Crippen LogP contribution in [0.15, 0.2) is 48.9 Å². The lowest BCUT2D eigenvalue weighted by Gasteiger charge is -2.36. The van der Waals surface area contributed by atoms with Crippen LogP contribution in [0.3, 0.4) is 0 Å². The Bertz CT molecular complexity index is 544. The van der Waals surface area contributed by atoms with Crippen molar-refractivity contribution >= 4 is 5.82 Å².